The molecule has 1 aliphatic carbocycles. The van der Waals surface area contributed by atoms with Crippen LogP contribution in [0.15, 0.2) is 60.7 Å². The van der Waals surface area contributed by atoms with E-state index in [1.165, 1.54) is 42.5 Å². The molecule has 0 unspecified atom stereocenters. The minimum atomic E-state index is -3.93. The average molecular weight is 346 g/mol. The molecule has 1 saturated heterocycles. The van der Waals surface area contributed by atoms with Crippen molar-refractivity contribution in [3.8, 4) is 0 Å². The van der Waals surface area contributed by atoms with Crippen LogP contribution in [0.5, 0.6) is 0 Å². The number of carbonyl (C=O) groups is 1. The summed E-state index contributed by atoms with van der Waals surface area (Å²) in [6, 6.07) is 11.4. The Kier molecular flexibility index (Phi) is 3.39. The zero-order chi connectivity index (χ0) is 17.8. The molecule has 2 aromatic carbocycles. The van der Waals surface area contributed by atoms with E-state index < -0.39 is 29.4 Å². The number of ketones is 1. The summed E-state index contributed by atoms with van der Waals surface area (Å²) in [7, 11) is 0. The minimum absolute atomic E-state index is 0.0566. The van der Waals surface area contributed by atoms with Crippen molar-refractivity contribution in [2.45, 2.75) is 17.8 Å². The van der Waals surface area contributed by atoms with Crippen LogP contribution in [0.1, 0.15) is 27.6 Å². The van der Waals surface area contributed by atoms with E-state index in [9.17, 15) is 18.0 Å². The summed E-state index contributed by atoms with van der Waals surface area (Å²) in [5.41, 5.74) is 0.150. The SMILES string of the molecule is C=C1CO[C@]2(O[C@H]1c1ccccc1F)c1ccccc1C(=O)C2(F)F. The molecule has 128 valence electrons. The van der Waals surface area contributed by atoms with Gasteiger partial charge in [0.25, 0.3) is 5.79 Å². The number of benzene rings is 2. The largest absolute Gasteiger partial charge is 0.366 e. The number of hydrogen-bond donors (Lipinski definition) is 0. The molecule has 0 saturated carbocycles. The highest BCUT2D eigenvalue weighted by molar-refractivity contribution is 6.07. The molecule has 2 aliphatic rings. The fourth-order valence-electron chi connectivity index (χ4n) is 3.29. The number of fused-ring (bicyclic) bond motifs is 2. The summed E-state index contributed by atoms with van der Waals surface area (Å²) < 4.78 is 54.8. The molecule has 0 N–H and O–H groups in total. The van der Waals surface area contributed by atoms with Crippen LogP contribution in [0.25, 0.3) is 0 Å². The number of hydrogen-bond acceptors (Lipinski definition) is 3. The second-order valence-corrected chi connectivity index (χ2v) is 6.03. The molecule has 4 rings (SSSR count). The topological polar surface area (TPSA) is 35.5 Å². The van der Waals surface area contributed by atoms with Crippen molar-refractivity contribution in [2.75, 3.05) is 6.61 Å². The molecule has 0 aromatic heterocycles. The first-order valence-corrected chi connectivity index (χ1v) is 7.64. The molecule has 2 atom stereocenters. The Balaban J connectivity index is 1.87. The molecular formula is C19H13F3O3. The normalized spacial score (nSPS) is 27.6. The summed E-state index contributed by atoms with van der Waals surface area (Å²) in [5.74, 6) is -8.50. The number of rotatable bonds is 1. The van der Waals surface area contributed by atoms with Gasteiger partial charge in [-0.1, -0.05) is 49.0 Å². The lowest BCUT2D eigenvalue weighted by Gasteiger charge is -2.42. The summed E-state index contributed by atoms with van der Waals surface area (Å²) in [6.45, 7) is 3.46. The van der Waals surface area contributed by atoms with Crippen molar-refractivity contribution >= 4 is 5.78 Å². The van der Waals surface area contributed by atoms with E-state index in [0.29, 0.717) is 5.57 Å². The number of Topliss-reactive ketones (excluding diaryl/α,β-unsaturated/α-hetero) is 1. The summed E-state index contributed by atoms with van der Waals surface area (Å²) in [5, 5.41) is 0. The van der Waals surface area contributed by atoms with Crippen LogP contribution in [0.3, 0.4) is 0 Å². The predicted molar refractivity (Wildman–Crippen MR) is 82.7 cm³/mol. The van der Waals surface area contributed by atoms with E-state index in [4.69, 9.17) is 9.47 Å². The van der Waals surface area contributed by atoms with Gasteiger partial charge in [0.1, 0.15) is 11.9 Å². The van der Waals surface area contributed by atoms with Crippen molar-refractivity contribution in [3.63, 3.8) is 0 Å². The van der Waals surface area contributed by atoms with Gasteiger partial charge in [0.2, 0.25) is 5.78 Å². The highest BCUT2D eigenvalue weighted by Crippen LogP contribution is 2.55. The Morgan fingerprint density at radius 1 is 1.08 bits per heavy atom. The van der Waals surface area contributed by atoms with Crippen LogP contribution >= 0.6 is 0 Å². The first-order chi connectivity index (χ1) is 11.9. The Hall–Kier alpha value is -2.44. The van der Waals surface area contributed by atoms with Crippen LogP contribution < -0.4 is 0 Å². The second kappa shape index (κ2) is 5.28. The van der Waals surface area contributed by atoms with Gasteiger partial charge < -0.3 is 9.47 Å². The highest BCUT2D eigenvalue weighted by Gasteiger charge is 2.70. The third kappa shape index (κ3) is 2.04. The van der Waals surface area contributed by atoms with Gasteiger partial charge in [-0.2, -0.15) is 8.78 Å². The van der Waals surface area contributed by atoms with Gasteiger partial charge in [0.15, 0.2) is 0 Å². The fourth-order valence-corrected chi connectivity index (χ4v) is 3.29. The Morgan fingerprint density at radius 2 is 1.76 bits per heavy atom. The smallest absolute Gasteiger partial charge is 0.336 e. The summed E-state index contributed by atoms with van der Waals surface area (Å²) in [6.07, 6.45) is -1.15. The van der Waals surface area contributed by atoms with Crippen molar-refractivity contribution in [1.29, 1.82) is 0 Å². The summed E-state index contributed by atoms with van der Waals surface area (Å²) >= 11 is 0. The van der Waals surface area contributed by atoms with Gasteiger partial charge >= 0.3 is 5.92 Å². The molecule has 1 heterocycles. The maximum Gasteiger partial charge on any atom is 0.366 e. The third-order valence-electron chi connectivity index (χ3n) is 4.53. The molecule has 1 fully saturated rings. The van der Waals surface area contributed by atoms with E-state index in [1.807, 2.05) is 0 Å². The molecule has 0 radical (unpaired) electrons. The maximum atomic E-state index is 14.9. The molecule has 0 amide bonds. The van der Waals surface area contributed by atoms with Gasteiger partial charge in [-0.3, -0.25) is 4.79 Å². The molecule has 0 bridgehead atoms. The van der Waals surface area contributed by atoms with Gasteiger partial charge in [0.05, 0.1) is 6.61 Å². The highest BCUT2D eigenvalue weighted by atomic mass is 19.3. The van der Waals surface area contributed by atoms with Gasteiger partial charge in [-0.25, -0.2) is 4.39 Å². The third-order valence-corrected chi connectivity index (χ3v) is 4.53. The predicted octanol–water partition coefficient (Wildman–Crippen LogP) is 4.15. The molecule has 1 spiro atoms. The molecule has 3 nitrogen and oxygen atoms in total. The van der Waals surface area contributed by atoms with Crippen LogP contribution in [-0.4, -0.2) is 18.3 Å². The molecule has 6 heteroatoms. The number of ether oxygens (including phenoxy) is 2. The van der Waals surface area contributed by atoms with E-state index >= 15 is 0 Å². The quantitative estimate of drug-likeness (QED) is 0.728. The lowest BCUT2D eigenvalue weighted by atomic mass is 9.97. The van der Waals surface area contributed by atoms with Crippen molar-refractivity contribution in [3.05, 3.63) is 83.2 Å². The monoisotopic (exact) mass is 346 g/mol. The Bertz CT molecular complexity index is 893. The number of carbonyl (C=O) groups excluding carboxylic acids is 1. The Labute approximate surface area is 141 Å². The zero-order valence-electron chi connectivity index (χ0n) is 13.0. The number of alkyl halides is 2. The van der Waals surface area contributed by atoms with E-state index in [1.54, 1.807) is 6.07 Å². The van der Waals surface area contributed by atoms with Crippen molar-refractivity contribution < 1.29 is 27.4 Å². The van der Waals surface area contributed by atoms with Gasteiger partial charge in [-0.05, 0) is 11.6 Å². The number of halogens is 3. The van der Waals surface area contributed by atoms with Gasteiger partial charge in [0, 0.05) is 16.7 Å². The standard InChI is InChI=1S/C19H13F3O3/c1-11-10-24-19(25-16(11)13-7-3-5-9-15(13)20)14-8-4-2-6-12(14)17(23)18(19,21)22/h2-9,16H,1,10H2/t16-,19+/m1/s1. The van der Waals surface area contributed by atoms with E-state index in [0.717, 1.165) is 0 Å². The van der Waals surface area contributed by atoms with Crippen LogP contribution in [-0.2, 0) is 15.3 Å². The van der Waals surface area contributed by atoms with Crippen molar-refractivity contribution in [1.82, 2.24) is 0 Å². The van der Waals surface area contributed by atoms with Crippen LogP contribution in [0, 0.1) is 5.82 Å². The lowest BCUT2D eigenvalue weighted by Crippen LogP contribution is -2.52. The molecule has 25 heavy (non-hydrogen) atoms. The van der Waals surface area contributed by atoms with Crippen molar-refractivity contribution in [2.24, 2.45) is 0 Å². The molecule has 2 aromatic rings. The summed E-state index contributed by atoms with van der Waals surface area (Å²) in [4.78, 5) is 12.2. The van der Waals surface area contributed by atoms with Gasteiger partial charge in [-0.15, -0.1) is 0 Å². The van der Waals surface area contributed by atoms with Crippen LogP contribution in [0.2, 0.25) is 0 Å². The van der Waals surface area contributed by atoms with Crippen LogP contribution in [0.4, 0.5) is 13.2 Å². The fraction of sp³-hybridized carbons (Fsp3) is 0.211. The molecule has 1 aliphatic heterocycles. The first kappa shape index (κ1) is 16.1. The Morgan fingerprint density at radius 3 is 2.52 bits per heavy atom. The zero-order valence-corrected chi connectivity index (χ0v) is 13.0. The van der Waals surface area contributed by atoms with E-state index in [2.05, 4.69) is 6.58 Å². The lowest BCUT2D eigenvalue weighted by molar-refractivity contribution is -0.352. The average Bonchev–Trinajstić information content (AvgIpc) is 2.77. The molecular weight excluding hydrogens is 333 g/mol. The second-order valence-electron chi connectivity index (χ2n) is 6.03. The minimum Gasteiger partial charge on any atom is -0.336 e. The van der Waals surface area contributed by atoms with E-state index in [-0.39, 0.29) is 23.3 Å². The first-order valence-electron chi connectivity index (χ1n) is 7.64. The maximum absolute atomic E-state index is 14.9.